The van der Waals surface area contributed by atoms with Crippen LogP contribution in [0.15, 0.2) is 75.8 Å². The second-order valence-electron chi connectivity index (χ2n) is 7.93. The molecule has 0 fully saturated rings. The summed E-state index contributed by atoms with van der Waals surface area (Å²) < 4.78 is 37.7. The Kier molecular flexibility index (Phi) is 7.37. The number of halogens is 2. The number of nitrogens with one attached hydrogen (secondary N) is 1. The van der Waals surface area contributed by atoms with Crippen molar-refractivity contribution in [3.8, 4) is 11.5 Å². The number of hydrogen-bond acceptors (Lipinski definition) is 7. The van der Waals surface area contributed by atoms with Gasteiger partial charge >= 0.3 is 0 Å². The minimum absolute atomic E-state index is 0.0135. The number of nitrogens with zero attached hydrogens (tertiary/aromatic N) is 2. The lowest BCUT2D eigenvalue weighted by Crippen LogP contribution is -2.12. The van der Waals surface area contributed by atoms with Gasteiger partial charge in [-0.3, -0.25) is 9.35 Å². The Labute approximate surface area is 222 Å². The highest BCUT2D eigenvalue weighted by Gasteiger charge is 2.21. The molecule has 0 aliphatic heterocycles. The zero-order chi connectivity index (χ0) is 26.9. The molecule has 0 unspecified atom stereocenters. The van der Waals surface area contributed by atoms with Crippen LogP contribution in [-0.4, -0.2) is 31.1 Å². The third-order valence-electron chi connectivity index (χ3n) is 5.34. The summed E-state index contributed by atoms with van der Waals surface area (Å²) >= 11 is 12.1. The van der Waals surface area contributed by atoms with Crippen LogP contribution in [-0.2, 0) is 10.1 Å². The number of aromatic hydroxyl groups is 1. The maximum atomic E-state index is 13.1. The Bertz CT molecular complexity index is 1670. The van der Waals surface area contributed by atoms with E-state index < -0.39 is 26.7 Å². The lowest BCUT2D eigenvalue weighted by molar-refractivity contribution is 0.102. The Hall–Kier alpha value is -3.70. The molecular formula is C25H19Cl2N3O6S. The number of benzene rings is 4. The Morgan fingerprint density at radius 3 is 2.43 bits per heavy atom. The van der Waals surface area contributed by atoms with E-state index in [2.05, 4.69) is 15.5 Å². The molecule has 0 saturated carbocycles. The smallest absolute Gasteiger partial charge is 0.296 e. The van der Waals surface area contributed by atoms with Crippen LogP contribution in [0.2, 0.25) is 10.0 Å². The van der Waals surface area contributed by atoms with E-state index in [1.54, 1.807) is 36.4 Å². The van der Waals surface area contributed by atoms with Gasteiger partial charge in [0.15, 0.2) is 5.75 Å². The van der Waals surface area contributed by atoms with Crippen LogP contribution in [0.25, 0.3) is 10.8 Å². The summed E-state index contributed by atoms with van der Waals surface area (Å²) in [6, 6.07) is 15.7. The molecule has 0 aliphatic rings. The van der Waals surface area contributed by atoms with Gasteiger partial charge in [0.25, 0.3) is 16.0 Å². The number of anilines is 1. The molecule has 0 aromatic heterocycles. The fourth-order valence-corrected chi connectivity index (χ4v) is 5.30. The molecule has 0 saturated heterocycles. The minimum atomic E-state index is -4.54. The van der Waals surface area contributed by atoms with Crippen molar-refractivity contribution in [1.82, 2.24) is 0 Å². The number of methoxy groups -OCH3 is 1. The molecule has 4 rings (SSSR count). The third kappa shape index (κ3) is 5.67. The third-order valence-corrected chi connectivity index (χ3v) is 7.03. The molecule has 0 spiro atoms. The molecule has 4 aromatic rings. The minimum Gasteiger partial charge on any atom is -0.505 e. The highest BCUT2D eigenvalue weighted by Crippen LogP contribution is 2.40. The van der Waals surface area contributed by atoms with E-state index in [-0.39, 0.29) is 27.5 Å². The number of carbonyl (C=O) groups is 1. The molecule has 1 amide bonds. The van der Waals surface area contributed by atoms with Crippen molar-refractivity contribution in [1.29, 1.82) is 0 Å². The van der Waals surface area contributed by atoms with Crippen LogP contribution in [0.4, 0.5) is 17.1 Å². The molecule has 0 heterocycles. The quantitative estimate of drug-likeness (QED) is 0.170. The standard InChI is InChI=1S/C25H19Cl2N3O6S/c1-13-7-17(12-21(27)24(13)37(33,34)35)29-30-22-19-6-4-3-5-14(19)8-20(23(22)31)25(32)28-16-9-15(26)10-18(11-16)36-2/h3-12,31H,1-2H3,(H,28,32)(H,33,34,35). The van der Waals surface area contributed by atoms with Crippen molar-refractivity contribution < 1.29 is 27.6 Å². The van der Waals surface area contributed by atoms with Crippen LogP contribution >= 0.6 is 23.2 Å². The van der Waals surface area contributed by atoms with E-state index in [1.807, 2.05) is 0 Å². The highest BCUT2D eigenvalue weighted by atomic mass is 35.5. The van der Waals surface area contributed by atoms with Crippen molar-refractivity contribution in [3.05, 3.63) is 81.8 Å². The number of fused-ring (bicyclic) bond motifs is 1. The summed E-state index contributed by atoms with van der Waals surface area (Å²) in [5.74, 6) is -0.610. The number of rotatable bonds is 6. The molecule has 9 nitrogen and oxygen atoms in total. The second-order valence-corrected chi connectivity index (χ2v) is 10.1. The number of aryl methyl sites for hydroxylation is 1. The topological polar surface area (TPSA) is 138 Å². The Morgan fingerprint density at radius 2 is 1.76 bits per heavy atom. The average Bonchev–Trinajstić information content (AvgIpc) is 2.81. The van der Waals surface area contributed by atoms with E-state index in [0.717, 1.165) is 0 Å². The normalized spacial score (nSPS) is 11.7. The van der Waals surface area contributed by atoms with Gasteiger partial charge in [0.05, 0.1) is 23.4 Å². The van der Waals surface area contributed by atoms with E-state index in [0.29, 0.717) is 27.2 Å². The molecule has 3 N–H and O–H groups in total. The number of carbonyl (C=O) groups excluding carboxylic acids is 1. The number of azo groups is 1. The van der Waals surface area contributed by atoms with E-state index >= 15 is 0 Å². The molecule has 12 heteroatoms. The van der Waals surface area contributed by atoms with Gasteiger partial charge in [0, 0.05) is 22.2 Å². The summed E-state index contributed by atoms with van der Waals surface area (Å²) in [5.41, 5.74) is 0.624. The van der Waals surface area contributed by atoms with Crippen LogP contribution in [0.3, 0.4) is 0 Å². The van der Waals surface area contributed by atoms with Crippen LogP contribution in [0.1, 0.15) is 15.9 Å². The lowest BCUT2D eigenvalue weighted by Gasteiger charge is -2.12. The summed E-state index contributed by atoms with van der Waals surface area (Å²) in [6.45, 7) is 1.44. The van der Waals surface area contributed by atoms with Crippen molar-refractivity contribution in [2.24, 2.45) is 10.2 Å². The fourth-order valence-electron chi connectivity index (χ4n) is 3.75. The van der Waals surface area contributed by atoms with Gasteiger partial charge in [0.2, 0.25) is 0 Å². The number of phenolic OH excluding ortho intramolecular Hbond substituents is 1. The molecule has 0 aliphatic carbocycles. The largest absolute Gasteiger partial charge is 0.505 e. The molecule has 0 bridgehead atoms. The first kappa shape index (κ1) is 26.4. The average molecular weight is 560 g/mol. The first-order chi connectivity index (χ1) is 17.5. The van der Waals surface area contributed by atoms with Crippen molar-refractivity contribution in [2.45, 2.75) is 11.8 Å². The van der Waals surface area contributed by atoms with Gasteiger partial charge < -0.3 is 15.2 Å². The van der Waals surface area contributed by atoms with Gasteiger partial charge in [-0.2, -0.15) is 13.5 Å². The predicted octanol–water partition coefficient (Wildman–Crippen LogP) is 7.08. The monoisotopic (exact) mass is 559 g/mol. The van der Waals surface area contributed by atoms with Gasteiger partial charge in [-0.1, -0.05) is 47.5 Å². The number of amides is 1. The van der Waals surface area contributed by atoms with Crippen molar-refractivity contribution >= 4 is 67.1 Å². The van der Waals surface area contributed by atoms with Gasteiger partial charge in [-0.25, -0.2) is 0 Å². The molecule has 0 atom stereocenters. The molecule has 37 heavy (non-hydrogen) atoms. The van der Waals surface area contributed by atoms with Crippen molar-refractivity contribution in [3.63, 3.8) is 0 Å². The van der Waals surface area contributed by atoms with Crippen molar-refractivity contribution in [2.75, 3.05) is 12.4 Å². The fraction of sp³-hybridized carbons (Fsp3) is 0.0800. The summed E-state index contributed by atoms with van der Waals surface area (Å²) in [4.78, 5) is 12.7. The zero-order valence-electron chi connectivity index (χ0n) is 19.4. The first-order valence-corrected chi connectivity index (χ1v) is 12.8. The second kappa shape index (κ2) is 10.3. The van der Waals surface area contributed by atoms with Crippen LogP contribution in [0.5, 0.6) is 11.5 Å². The molecular weight excluding hydrogens is 541 g/mol. The zero-order valence-corrected chi connectivity index (χ0v) is 21.7. The van der Waals surface area contributed by atoms with Gasteiger partial charge in [-0.15, -0.1) is 5.11 Å². The molecule has 4 aromatic carbocycles. The molecule has 190 valence electrons. The van der Waals surface area contributed by atoms with Crippen LogP contribution < -0.4 is 10.1 Å². The van der Waals surface area contributed by atoms with Gasteiger partial charge in [0.1, 0.15) is 16.3 Å². The highest BCUT2D eigenvalue weighted by molar-refractivity contribution is 7.86. The first-order valence-electron chi connectivity index (χ1n) is 10.6. The maximum Gasteiger partial charge on any atom is 0.296 e. The lowest BCUT2D eigenvalue weighted by atomic mass is 10.0. The maximum absolute atomic E-state index is 13.1. The van der Waals surface area contributed by atoms with Crippen LogP contribution in [0, 0.1) is 6.92 Å². The van der Waals surface area contributed by atoms with E-state index in [1.165, 1.54) is 38.3 Å². The SMILES string of the molecule is COc1cc(Cl)cc(NC(=O)c2cc3ccccc3c(N=Nc3cc(C)c(S(=O)(=O)O)c(Cl)c3)c2O)c1. The molecule has 0 radical (unpaired) electrons. The van der Waals surface area contributed by atoms with E-state index in [9.17, 15) is 22.9 Å². The predicted molar refractivity (Wildman–Crippen MR) is 142 cm³/mol. The Balaban J connectivity index is 1.77. The number of phenols is 1. The number of hydrogen-bond donors (Lipinski definition) is 3. The summed E-state index contributed by atoms with van der Waals surface area (Å²) in [6.07, 6.45) is 0. The summed E-state index contributed by atoms with van der Waals surface area (Å²) in [7, 11) is -3.07. The van der Waals surface area contributed by atoms with Gasteiger partial charge in [-0.05, 0) is 48.2 Å². The Morgan fingerprint density at radius 1 is 1.03 bits per heavy atom. The number of ether oxygens (including phenoxy) is 1. The summed E-state index contributed by atoms with van der Waals surface area (Å²) in [5, 5.41) is 23.2. The van der Waals surface area contributed by atoms with E-state index in [4.69, 9.17) is 27.9 Å².